The fourth-order valence-corrected chi connectivity index (χ4v) is 5.80. The summed E-state index contributed by atoms with van der Waals surface area (Å²) < 4.78 is 55.4. The van der Waals surface area contributed by atoms with Crippen molar-refractivity contribution in [3.63, 3.8) is 0 Å². The summed E-state index contributed by atoms with van der Waals surface area (Å²) in [6, 6.07) is 6.40. The summed E-state index contributed by atoms with van der Waals surface area (Å²) >= 11 is 0. The van der Waals surface area contributed by atoms with E-state index in [2.05, 4.69) is 4.98 Å². The number of hydrogen-bond acceptors (Lipinski definition) is 8. The van der Waals surface area contributed by atoms with Crippen LogP contribution >= 0.6 is 7.60 Å². The zero-order valence-corrected chi connectivity index (χ0v) is 19.2. The molecule has 0 fully saturated rings. The maximum atomic E-state index is 13.2. The molecule has 166 valence electrons. The maximum absolute atomic E-state index is 13.2. The molecule has 2 rings (SSSR count). The highest BCUT2D eigenvalue weighted by Crippen LogP contribution is 2.54. The summed E-state index contributed by atoms with van der Waals surface area (Å²) in [5.41, 5.74) is -0.0914. The first-order chi connectivity index (χ1) is 14.2. The van der Waals surface area contributed by atoms with Gasteiger partial charge in [-0.3, -0.25) is 9.36 Å². The maximum Gasteiger partial charge on any atom is 0.345 e. The SMILES string of the molecule is CCOC(=O)[C@@H](Cc1cn(S(=O)(=O)c2ccc(C)cc2)cn1)P(=O)(OCC)OCC. The van der Waals surface area contributed by atoms with Gasteiger partial charge in [-0.2, -0.15) is 0 Å². The lowest BCUT2D eigenvalue weighted by atomic mass is 10.2. The highest BCUT2D eigenvalue weighted by Gasteiger charge is 2.42. The molecule has 1 aromatic heterocycles. The predicted molar refractivity (Wildman–Crippen MR) is 111 cm³/mol. The standard InChI is InChI=1S/C19H27N2O7PS/c1-5-26-19(22)18(29(23,27-6-2)28-7-3)12-16-13-21(14-20-16)30(24,25)17-10-8-15(4)9-11-17/h8-11,13-14,18H,5-7,12H2,1-4H3/t18-/m1/s1. The Balaban J connectivity index is 2.36. The normalized spacial score (nSPS) is 13.2. The highest BCUT2D eigenvalue weighted by atomic mass is 32.2. The molecule has 30 heavy (non-hydrogen) atoms. The third-order valence-corrected chi connectivity index (χ3v) is 8.19. The Kier molecular flexibility index (Phi) is 8.37. The van der Waals surface area contributed by atoms with Crippen LogP contribution in [0.1, 0.15) is 32.0 Å². The molecular weight excluding hydrogens is 431 g/mol. The van der Waals surface area contributed by atoms with Gasteiger partial charge in [0.05, 0.1) is 30.4 Å². The fourth-order valence-electron chi connectivity index (χ4n) is 2.75. The van der Waals surface area contributed by atoms with Gasteiger partial charge in [0.2, 0.25) is 0 Å². The molecule has 0 spiro atoms. The second-order valence-electron chi connectivity index (χ2n) is 6.36. The summed E-state index contributed by atoms with van der Waals surface area (Å²) in [4.78, 5) is 16.7. The first-order valence-electron chi connectivity index (χ1n) is 9.58. The van der Waals surface area contributed by atoms with Gasteiger partial charge in [-0.1, -0.05) is 17.7 Å². The van der Waals surface area contributed by atoms with Crippen molar-refractivity contribution in [1.82, 2.24) is 8.96 Å². The van der Waals surface area contributed by atoms with Crippen molar-refractivity contribution in [1.29, 1.82) is 0 Å². The Morgan fingerprint density at radius 1 is 1.10 bits per heavy atom. The van der Waals surface area contributed by atoms with Gasteiger partial charge in [0.25, 0.3) is 10.0 Å². The van der Waals surface area contributed by atoms with Gasteiger partial charge in [0, 0.05) is 12.6 Å². The third kappa shape index (κ3) is 5.57. The molecule has 0 unspecified atom stereocenters. The third-order valence-electron chi connectivity index (χ3n) is 4.17. The predicted octanol–water partition coefficient (Wildman–Crippen LogP) is 3.17. The zero-order valence-electron chi connectivity index (χ0n) is 17.5. The summed E-state index contributed by atoms with van der Waals surface area (Å²) in [5.74, 6) is -0.751. The van der Waals surface area contributed by atoms with E-state index >= 15 is 0 Å². The fraction of sp³-hybridized carbons (Fsp3) is 0.474. The van der Waals surface area contributed by atoms with E-state index in [1.807, 2.05) is 6.92 Å². The summed E-state index contributed by atoms with van der Waals surface area (Å²) in [6.07, 6.45) is 2.26. The van der Waals surface area contributed by atoms with E-state index in [0.29, 0.717) is 0 Å². The number of ether oxygens (including phenoxy) is 1. The molecule has 9 nitrogen and oxygen atoms in total. The first kappa shape index (κ1) is 24.3. The van der Waals surface area contributed by atoms with Gasteiger partial charge in [-0.05, 0) is 39.8 Å². The molecule has 1 atom stereocenters. The molecule has 0 bridgehead atoms. The molecular formula is C19H27N2O7PS. The second-order valence-corrected chi connectivity index (χ2v) is 10.4. The molecule has 0 aliphatic heterocycles. The van der Waals surface area contributed by atoms with E-state index in [0.717, 1.165) is 15.9 Å². The quantitative estimate of drug-likeness (QED) is 0.373. The van der Waals surface area contributed by atoms with Crippen LogP contribution in [0.4, 0.5) is 0 Å². The zero-order chi connectivity index (χ0) is 22.4. The Hall–Kier alpha value is -2.00. The van der Waals surface area contributed by atoms with E-state index in [1.165, 1.54) is 18.3 Å². The van der Waals surface area contributed by atoms with Crippen LogP contribution in [0, 0.1) is 6.92 Å². The lowest BCUT2D eigenvalue weighted by Gasteiger charge is -2.24. The molecule has 0 saturated heterocycles. The number of aromatic nitrogens is 2. The van der Waals surface area contributed by atoms with Crippen molar-refractivity contribution >= 4 is 23.6 Å². The number of esters is 1. The molecule has 11 heteroatoms. The number of rotatable bonds is 11. The van der Waals surface area contributed by atoms with Crippen LogP contribution in [0.25, 0.3) is 0 Å². The highest BCUT2D eigenvalue weighted by molar-refractivity contribution is 7.90. The molecule has 0 aliphatic rings. The summed E-state index contributed by atoms with van der Waals surface area (Å²) in [6.45, 7) is 6.99. The van der Waals surface area contributed by atoms with E-state index in [9.17, 15) is 17.8 Å². The number of carbonyl (C=O) groups excluding carboxylic acids is 1. The first-order valence-corrected chi connectivity index (χ1v) is 12.6. The van der Waals surface area contributed by atoms with Gasteiger partial charge < -0.3 is 13.8 Å². The minimum absolute atomic E-state index is 0.0728. The number of benzene rings is 1. The summed E-state index contributed by atoms with van der Waals surface area (Å²) in [5, 5.41) is 0. The van der Waals surface area contributed by atoms with Crippen LogP contribution in [0.3, 0.4) is 0 Å². The Morgan fingerprint density at radius 2 is 1.70 bits per heavy atom. The number of hydrogen-bond donors (Lipinski definition) is 0. The smallest absolute Gasteiger partial charge is 0.345 e. The minimum atomic E-state index is -3.85. The average molecular weight is 458 g/mol. The van der Waals surface area contributed by atoms with Crippen LogP contribution in [0.5, 0.6) is 0 Å². The van der Waals surface area contributed by atoms with Crippen molar-refractivity contribution in [3.05, 3.63) is 48.0 Å². The van der Waals surface area contributed by atoms with Crippen molar-refractivity contribution in [2.45, 2.75) is 44.7 Å². The van der Waals surface area contributed by atoms with Gasteiger partial charge in [-0.25, -0.2) is 17.4 Å². The van der Waals surface area contributed by atoms with Crippen molar-refractivity contribution in [2.24, 2.45) is 0 Å². The lowest BCUT2D eigenvalue weighted by Crippen LogP contribution is -2.28. The summed E-state index contributed by atoms with van der Waals surface area (Å²) in [7, 11) is -7.70. The van der Waals surface area contributed by atoms with Crippen LogP contribution in [0.15, 0.2) is 41.7 Å². The van der Waals surface area contributed by atoms with Crippen LogP contribution in [-0.4, -0.2) is 48.8 Å². The Morgan fingerprint density at radius 3 is 2.23 bits per heavy atom. The molecule has 1 heterocycles. The average Bonchev–Trinajstić information content (AvgIpc) is 3.16. The molecule has 0 aliphatic carbocycles. The Bertz CT molecular complexity index is 992. The van der Waals surface area contributed by atoms with E-state index in [4.69, 9.17) is 13.8 Å². The number of imidazole rings is 1. The lowest BCUT2D eigenvalue weighted by molar-refractivity contribution is -0.143. The van der Waals surface area contributed by atoms with Crippen molar-refractivity contribution < 1.29 is 31.6 Å². The van der Waals surface area contributed by atoms with Gasteiger partial charge in [0.15, 0.2) is 5.66 Å². The van der Waals surface area contributed by atoms with E-state index in [1.54, 1.807) is 32.9 Å². The van der Waals surface area contributed by atoms with E-state index < -0.39 is 29.2 Å². The van der Waals surface area contributed by atoms with Gasteiger partial charge in [0.1, 0.15) is 6.33 Å². The number of carbonyl (C=O) groups is 1. The van der Waals surface area contributed by atoms with Crippen LogP contribution < -0.4 is 0 Å². The number of aryl methyl sites for hydroxylation is 1. The monoisotopic (exact) mass is 458 g/mol. The molecule has 0 amide bonds. The van der Waals surface area contributed by atoms with Crippen molar-refractivity contribution in [3.8, 4) is 0 Å². The minimum Gasteiger partial charge on any atom is -0.465 e. The van der Waals surface area contributed by atoms with Gasteiger partial charge >= 0.3 is 13.6 Å². The second kappa shape index (κ2) is 10.3. The topological polar surface area (TPSA) is 114 Å². The molecule has 1 aromatic carbocycles. The van der Waals surface area contributed by atoms with Crippen LogP contribution in [0.2, 0.25) is 0 Å². The van der Waals surface area contributed by atoms with Gasteiger partial charge in [-0.15, -0.1) is 0 Å². The molecule has 2 aromatic rings. The van der Waals surface area contributed by atoms with E-state index in [-0.39, 0.29) is 36.8 Å². The molecule has 0 saturated carbocycles. The molecule has 0 N–H and O–H groups in total. The largest absolute Gasteiger partial charge is 0.465 e. The van der Waals surface area contributed by atoms with Crippen molar-refractivity contribution in [2.75, 3.05) is 19.8 Å². The molecule has 0 radical (unpaired) electrons. The number of nitrogens with zero attached hydrogens (tertiary/aromatic N) is 2. The van der Waals surface area contributed by atoms with Crippen LogP contribution in [-0.2, 0) is 39.6 Å². The Labute approximate surface area is 177 Å².